The molecule has 2 aromatic rings. The summed E-state index contributed by atoms with van der Waals surface area (Å²) in [5.41, 5.74) is 0.101. The van der Waals surface area contributed by atoms with E-state index in [0.29, 0.717) is 17.7 Å². The minimum Gasteiger partial charge on any atom is -0.467 e. The lowest BCUT2D eigenvalue weighted by Crippen LogP contribution is -2.49. The molecule has 0 fully saturated rings. The molecular weight excluding hydrogens is 316 g/mol. The second kappa shape index (κ2) is 8.79. The monoisotopic (exact) mass is 342 g/mol. The number of aliphatic hydroxyl groups excluding tert-OH is 1. The summed E-state index contributed by atoms with van der Waals surface area (Å²) in [6.07, 6.45) is -0.542. The van der Waals surface area contributed by atoms with Crippen molar-refractivity contribution in [1.29, 1.82) is 0 Å². The Kier molecular flexibility index (Phi) is 6.73. The fourth-order valence-electron chi connectivity index (χ4n) is 2.77. The zero-order chi connectivity index (χ0) is 18.3. The van der Waals surface area contributed by atoms with E-state index in [1.807, 2.05) is 60.7 Å². The van der Waals surface area contributed by atoms with Crippen LogP contribution in [0.1, 0.15) is 31.4 Å². The van der Waals surface area contributed by atoms with E-state index in [1.54, 1.807) is 0 Å². The van der Waals surface area contributed by atoms with Gasteiger partial charge in [-0.15, -0.1) is 0 Å². The average Bonchev–Trinajstić information content (AvgIpc) is 2.69. The summed E-state index contributed by atoms with van der Waals surface area (Å²) in [7, 11) is 1.26. The number of methoxy groups -OCH3 is 1. The quantitative estimate of drug-likeness (QED) is 0.746. The molecule has 0 bridgehead atoms. The molecule has 0 aliphatic rings. The third-order valence-electron chi connectivity index (χ3n) is 4.51. The highest BCUT2D eigenvalue weighted by molar-refractivity contribution is 5.77. The van der Waals surface area contributed by atoms with Crippen molar-refractivity contribution < 1.29 is 19.4 Å². The first-order valence-electron chi connectivity index (χ1n) is 8.57. The Hall–Kier alpha value is -2.17. The van der Waals surface area contributed by atoms with Gasteiger partial charge in [-0.05, 0) is 17.0 Å². The van der Waals surface area contributed by atoms with Gasteiger partial charge >= 0.3 is 5.97 Å². The van der Waals surface area contributed by atoms with Crippen molar-refractivity contribution in [2.75, 3.05) is 13.7 Å². The number of aliphatic hydroxyl groups is 1. The van der Waals surface area contributed by atoms with Crippen LogP contribution in [0.25, 0.3) is 0 Å². The maximum Gasteiger partial charge on any atom is 0.338 e. The van der Waals surface area contributed by atoms with Gasteiger partial charge < -0.3 is 14.6 Å². The van der Waals surface area contributed by atoms with Crippen LogP contribution >= 0.6 is 0 Å². The summed E-state index contributed by atoms with van der Waals surface area (Å²) in [5.74, 6) is -0.437. The van der Waals surface area contributed by atoms with Crippen LogP contribution < -0.4 is 0 Å². The summed E-state index contributed by atoms with van der Waals surface area (Å²) in [6.45, 7) is 4.57. The largest absolute Gasteiger partial charge is 0.467 e. The van der Waals surface area contributed by atoms with Gasteiger partial charge in [0.1, 0.15) is 0 Å². The van der Waals surface area contributed by atoms with Gasteiger partial charge in [0, 0.05) is 0 Å². The summed E-state index contributed by atoms with van der Waals surface area (Å²) < 4.78 is 11.1. The Labute approximate surface area is 149 Å². The molecule has 4 heteroatoms. The molecule has 2 atom stereocenters. The van der Waals surface area contributed by atoms with Crippen LogP contribution in [0, 0.1) is 5.92 Å². The van der Waals surface area contributed by atoms with Crippen molar-refractivity contribution >= 4 is 5.97 Å². The summed E-state index contributed by atoms with van der Waals surface area (Å²) in [6, 6.07) is 18.7. The van der Waals surface area contributed by atoms with E-state index in [4.69, 9.17) is 9.47 Å². The van der Waals surface area contributed by atoms with Crippen molar-refractivity contribution in [3.63, 3.8) is 0 Å². The van der Waals surface area contributed by atoms with Gasteiger partial charge in [-0.1, -0.05) is 80.9 Å². The van der Waals surface area contributed by atoms with Crippen molar-refractivity contribution in [2.24, 2.45) is 5.92 Å². The highest BCUT2D eigenvalue weighted by Crippen LogP contribution is 2.38. The third kappa shape index (κ3) is 4.09. The molecule has 25 heavy (non-hydrogen) atoms. The first kappa shape index (κ1) is 19.2. The molecule has 2 rings (SSSR count). The zero-order valence-corrected chi connectivity index (χ0v) is 15.0. The number of carbonyl (C=O) groups excluding carboxylic acids is 1. The number of hydrogen-bond donors (Lipinski definition) is 1. The summed E-state index contributed by atoms with van der Waals surface area (Å²) in [4.78, 5) is 12.3. The second-order valence-electron chi connectivity index (χ2n) is 6.22. The smallest absolute Gasteiger partial charge is 0.338 e. The molecule has 1 N–H and O–H groups in total. The van der Waals surface area contributed by atoms with Crippen LogP contribution in [-0.4, -0.2) is 30.9 Å². The fourth-order valence-corrected chi connectivity index (χ4v) is 2.77. The van der Waals surface area contributed by atoms with Crippen LogP contribution in [-0.2, 0) is 19.9 Å². The maximum absolute atomic E-state index is 12.3. The molecule has 134 valence electrons. The van der Waals surface area contributed by atoms with Crippen molar-refractivity contribution in [1.82, 2.24) is 0 Å². The van der Waals surface area contributed by atoms with Gasteiger partial charge in [0.25, 0.3) is 0 Å². The lowest BCUT2D eigenvalue weighted by atomic mass is 9.81. The van der Waals surface area contributed by atoms with Crippen LogP contribution in [0.3, 0.4) is 0 Å². The molecule has 0 unspecified atom stereocenters. The molecule has 0 aromatic heterocycles. The predicted molar refractivity (Wildman–Crippen MR) is 97.1 cm³/mol. The van der Waals surface area contributed by atoms with E-state index in [2.05, 4.69) is 13.8 Å². The number of carbonyl (C=O) groups is 1. The van der Waals surface area contributed by atoms with E-state index in [9.17, 15) is 9.90 Å². The molecular formula is C21H26O4. The molecule has 0 amide bonds. The highest BCUT2D eigenvalue weighted by Gasteiger charge is 2.47. The molecule has 0 saturated carbocycles. The number of rotatable bonds is 8. The lowest BCUT2D eigenvalue weighted by Gasteiger charge is -2.38. The maximum atomic E-state index is 12.3. The average molecular weight is 342 g/mol. The van der Waals surface area contributed by atoms with Gasteiger partial charge in [-0.2, -0.15) is 0 Å². The van der Waals surface area contributed by atoms with Crippen molar-refractivity contribution in [3.05, 3.63) is 71.8 Å². The molecule has 0 heterocycles. The standard InChI is InChI=1S/C21H26O4/c1-4-16(2)15-25-21(19(22)20(23)24-3,17-11-7-5-8-12-17)18-13-9-6-10-14-18/h5-14,16,19,22H,4,15H2,1-3H3/t16-,19+/m0/s1. The topological polar surface area (TPSA) is 55.8 Å². The predicted octanol–water partition coefficient (Wildman–Crippen LogP) is 3.53. The van der Waals surface area contributed by atoms with Crippen LogP contribution in [0.15, 0.2) is 60.7 Å². The Bertz CT molecular complexity index is 615. The Morgan fingerprint density at radius 2 is 1.52 bits per heavy atom. The Balaban J connectivity index is 2.62. The van der Waals surface area contributed by atoms with Crippen LogP contribution in [0.4, 0.5) is 0 Å². The lowest BCUT2D eigenvalue weighted by molar-refractivity contribution is -0.172. The first-order valence-corrected chi connectivity index (χ1v) is 8.57. The first-order chi connectivity index (χ1) is 12.1. The number of hydrogen-bond acceptors (Lipinski definition) is 4. The molecule has 2 aromatic carbocycles. The van der Waals surface area contributed by atoms with Crippen molar-refractivity contribution in [3.8, 4) is 0 Å². The minimum atomic E-state index is -1.48. The van der Waals surface area contributed by atoms with Gasteiger partial charge in [0.2, 0.25) is 0 Å². The van der Waals surface area contributed by atoms with E-state index < -0.39 is 17.7 Å². The normalized spacial score (nSPS) is 13.9. The van der Waals surface area contributed by atoms with Gasteiger partial charge in [0.05, 0.1) is 13.7 Å². The Morgan fingerprint density at radius 1 is 1.04 bits per heavy atom. The molecule has 0 saturated heterocycles. The van der Waals surface area contributed by atoms with Crippen LogP contribution in [0.5, 0.6) is 0 Å². The van der Waals surface area contributed by atoms with E-state index in [1.165, 1.54) is 7.11 Å². The van der Waals surface area contributed by atoms with Crippen LogP contribution in [0.2, 0.25) is 0 Å². The molecule has 0 radical (unpaired) electrons. The third-order valence-corrected chi connectivity index (χ3v) is 4.51. The second-order valence-corrected chi connectivity index (χ2v) is 6.22. The number of benzene rings is 2. The minimum absolute atomic E-state index is 0.289. The molecule has 0 spiro atoms. The van der Waals surface area contributed by atoms with Crippen molar-refractivity contribution in [2.45, 2.75) is 32.0 Å². The van der Waals surface area contributed by atoms with E-state index in [-0.39, 0.29) is 5.92 Å². The highest BCUT2D eigenvalue weighted by atomic mass is 16.6. The molecule has 0 aliphatic carbocycles. The molecule has 0 aliphatic heterocycles. The summed E-state index contributed by atoms with van der Waals surface area (Å²) >= 11 is 0. The van der Waals surface area contributed by atoms with Gasteiger partial charge in [0.15, 0.2) is 11.7 Å². The fraction of sp³-hybridized carbons (Fsp3) is 0.381. The van der Waals surface area contributed by atoms with Gasteiger partial charge in [-0.25, -0.2) is 4.79 Å². The summed E-state index contributed by atoms with van der Waals surface area (Å²) in [5, 5.41) is 10.9. The number of ether oxygens (including phenoxy) is 2. The molecule has 4 nitrogen and oxygen atoms in total. The van der Waals surface area contributed by atoms with E-state index >= 15 is 0 Å². The number of esters is 1. The van der Waals surface area contributed by atoms with Gasteiger partial charge in [-0.3, -0.25) is 0 Å². The zero-order valence-electron chi connectivity index (χ0n) is 15.0. The Morgan fingerprint density at radius 3 is 1.92 bits per heavy atom. The van der Waals surface area contributed by atoms with E-state index in [0.717, 1.165) is 6.42 Å². The SMILES string of the molecule is CC[C@H](C)COC(c1ccccc1)(c1ccccc1)[C@H](O)C(=O)OC.